The number of aromatic nitrogens is 1. The van der Waals surface area contributed by atoms with Crippen LogP contribution in [0.2, 0.25) is 5.02 Å². The van der Waals surface area contributed by atoms with Gasteiger partial charge in [0.25, 0.3) is 5.91 Å². The zero-order valence-corrected chi connectivity index (χ0v) is 18.1. The molecule has 0 saturated heterocycles. The number of amides is 2. The second-order valence-corrected chi connectivity index (χ2v) is 7.98. The number of methoxy groups -OCH3 is 1. The lowest BCUT2D eigenvalue weighted by molar-refractivity contribution is 0.0652. The lowest BCUT2D eigenvalue weighted by atomic mass is 10.0. The van der Waals surface area contributed by atoms with Gasteiger partial charge in [-0.05, 0) is 53.8 Å². The van der Waals surface area contributed by atoms with Crippen LogP contribution in [0, 0.1) is 5.82 Å². The summed E-state index contributed by atoms with van der Waals surface area (Å²) >= 11 is 6.14. The molecule has 3 aromatic rings. The van der Waals surface area contributed by atoms with E-state index in [1.54, 1.807) is 41.3 Å². The number of primary amides is 1. The summed E-state index contributed by atoms with van der Waals surface area (Å²) in [5, 5.41) is 0.261. The van der Waals surface area contributed by atoms with Crippen LogP contribution in [-0.4, -0.2) is 28.8 Å². The van der Waals surface area contributed by atoms with Gasteiger partial charge >= 0.3 is 0 Å². The molecule has 2 N–H and O–H groups in total. The van der Waals surface area contributed by atoms with Crippen molar-refractivity contribution in [1.82, 2.24) is 9.88 Å². The van der Waals surface area contributed by atoms with Gasteiger partial charge in [-0.3, -0.25) is 14.6 Å². The Balaban J connectivity index is 1.82. The highest BCUT2D eigenvalue weighted by molar-refractivity contribution is 6.30. The smallest absolute Gasteiger partial charge is 0.260 e. The van der Waals surface area contributed by atoms with Crippen LogP contribution in [0.15, 0.2) is 54.9 Å². The minimum absolute atomic E-state index is 0.0915. The largest absolute Gasteiger partial charge is 0.496 e. The predicted octanol–water partition coefficient (Wildman–Crippen LogP) is 4.31. The molecule has 8 heteroatoms. The molecule has 0 bridgehead atoms. The first-order chi connectivity index (χ1) is 15.4. The van der Waals surface area contributed by atoms with E-state index in [1.807, 2.05) is 0 Å². The van der Waals surface area contributed by atoms with Gasteiger partial charge in [-0.2, -0.15) is 0 Å². The monoisotopic (exact) mass is 453 g/mol. The number of carbonyl (C=O) groups excluding carboxylic acids is 2. The van der Waals surface area contributed by atoms with Gasteiger partial charge in [0.1, 0.15) is 11.6 Å². The zero-order chi connectivity index (χ0) is 22.8. The molecule has 1 heterocycles. The fraction of sp³-hybridized carbons (Fsp3) is 0.208. The summed E-state index contributed by atoms with van der Waals surface area (Å²) in [7, 11) is 1.47. The van der Waals surface area contributed by atoms with Crippen molar-refractivity contribution in [3.63, 3.8) is 0 Å². The average molecular weight is 454 g/mol. The Kier molecular flexibility index (Phi) is 6.10. The van der Waals surface area contributed by atoms with Gasteiger partial charge < -0.3 is 15.4 Å². The van der Waals surface area contributed by atoms with Crippen molar-refractivity contribution < 1.29 is 18.7 Å². The Morgan fingerprint density at radius 1 is 1.25 bits per heavy atom. The number of pyridine rings is 1. The number of nitrogens with two attached hydrogens (primary N) is 1. The summed E-state index contributed by atoms with van der Waals surface area (Å²) in [5.41, 5.74) is 7.92. The molecule has 1 atom stereocenters. The van der Waals surface area contributed by atoms with E-state index in [2.05, 4.69) is 4.98 Å². The average Bonchev–Trinajstić information content (AvgIpc) is 3.21. The van der Waals surface area contributed by atoms with E-state index in [1.165, 1.54) is 25.6 Å². The van der Waals surface area contributed by atoms with Crippen LogP contribution in [0.3, 0.4) is 0 Å². The Morgan fingerprint density at radius 2 is 2.03 bits per heavy atom. The predicted molar refractivity (Wildman–Crippen MR) is 118 cm³/mol. The van der Waals surface area contributed by atoms with Gasteiger partial charge in [0, 0.05) is 29.5 Å². The molecule has 0 radical (unpaired) electrons. The van der Waals surface area contributed by atoms with Crippen molar-refractivity contribution in [3.8, 4) is 5.75 Å². The number of rotatable bonds is 6. The maximum absolute atomic E-state index is 14.5. The number of nitrogens with zero attached hydrogens (tertiary/aromatic N) is 2. The Hall–Kier alpha value is -3.45. The third-order valence-corrected chi connectivity index (χ3v) is 5.93. The second kappa shape index (κ2) is 8.96. The molecular weight excluding hydrogens is 433 g/mol. The van der Waals surface area contributed by atoms with E-state index in [0.29, 0.717) is 40.8 Å². The lowest BCUT2D eigenvalue weighted by Crippen LogP contribution is -2.34. The zero-order valence-electron chi connectivity index (χ0n) is 17.3. The minimum atomic E-state index is -0.590. The van der Waals surface area contributed by atoms with Gasteiger partial charge in [0.2, 0.25) is 5.91 Å². The summed E-state index contributed by atoms with van der Waals surface area (Å²) < 4.78 is 19.9. The number of ether oxygens (including phenoxy) is 1. The van der Waals surface area contributed by atoms with Gasteiger partial charge in [0.05, 0.1) is 18.7 Å². The number of hydrogen-bond acceptors (Lipinski definition) is 4. The Labute approximate surface area is 189 Å². The molecule has 4 rings (SSSR count). The Bertz CT molecular complexity index is 1200. The molecule has 0 saturated carbocycles. The van der Waals surface area contributed by atoms with E-state index < -0.39 is 11.9 Å². The summed E-state index contributed by atoms with van der Waals surface area (Å²) in [4.78, 5) is 31.4. The van der Waals surface area contributed by atoms with Crippen LogP contribution >= 0.6 is 11.6 Å². The molecule has 0 spiro atoms. The fourth-order valence-electron chi connectivity index (χ4n) is 4.23. The van der Waals surface area contributed by atoms with E-state index in [0.717, 1.165) is 0 Å². The summed E-state index contributed by atoms with van der Waals surface area (Å²) in [6, 6.07) is 11.0. The first kappa shape index (κ1) is 21.8. The van der Waals surface area contributed by atoms with Crippen molar-refractivity contribution in [2.75, 3.05) is 7.11 Å². The first-order valence-corrected chi connectivity index (χ1v) is 10.4. The number of hydrogen-bond donors (Lipinski definition) is 1. The highest BCUT2D eigenvalue weighted by Crippen LogP contribution is 2.40. The number of halogens is 2. The van der Waals surface area contributed by atoms with Crippen LogP contribution in [0.25, 0.3) is 0 Å². The second-order valence-electron chi connectivity index (χ2n) is 7.54. The molecule has 1 aliphatic carbocycles. The van der Waals surface area contributed by atoms with Crippen LogP contribution in [0.1, 0.15) is 49.9 Å². The molecule has 0 fully saturated rings. The molecule has 164 valence electrons. The topological polar surface area (TPSA) is 85.5 Å². The van der Waals surface area contributed by atoms with E-state index in [-0.39, 0.29) is 28.9 Å². The Morgan fingerprint density at radius 3 is 2.78 bits per heavy atom. The fourth-order valence-corrected chi connectivity index (χ4v) is 4.44. The van der Waals surface area contributed by atoms with E-state index in [4.69, 9.17) is 22.1 Å². The summed E-state index contributed by atoms with van der Waals surface area (Å²) in [6.07, 6.45) is 3.94. The van der Waals surface area contributed by atoms with E-state index in [9.17, 15) is 14.0 Å². The standard InChI is InChI=1S/C24H21ClFN3O3/c1-32-22-8-9-28-12-19(22)24(31)29(13-14-4-2-3-5-16(14)23(27)30)21-7-6-17-18(21)10-15(25)11-20(17)26/h2-5,8-12,21H,6-7,13H2,1H3,(H2,27,30)/t21-/m1/s1. The van der Waals surface area contributed by atoms with Gasteiger partial charge in [-0.15, -0.1) is 0 Å². The van der Waals surface area contributed by atoms with Crippen LogP contribution in [0.4, 0.5) is 4.39 Å². The van der Waals surface area contributed by atoms with Crippen LogP contribution in [-0.2, 0) is 13.0 Å². The quantitative estimate of drug-likeness (QED) is 0.602. The number of carbonyl (C=O) groups is 2. The maximum Gasteiger partial charge on any atom is 0.260 e. The molecule has 0 aliphatic heterocycles. The van der Waals surface area contributed by atoms with Crippen molar-refractivity contribution in [3.05, 3.63) is 93.5 Å². The molecule has 2 aromatic carbocycles. The minimum Gasteiger partial charge on any atom is -0.496 e. The lowest BCUT2D eigenvalue weighted by Gasteiger charge is -2.31. The molecule has 1 aliphatic rings. The normalized spacial score (nSPS) is 14.7. The molecule has 6 nitrogen and oxygen atoms in total. The molecular formula is C24H21ClFN3O3. The molecule has 0 unspecified atom stereocenters. The van der Waals surface area contributed by atoms with Crippen LogP contribution < -0.4 is 10.5 Å². The van der Waals surface area contributed by atoms with Crippen molar-refractivity contribution in [1.29, 1.82) is 0 Å². The first-order valence-electron chi connectivity index (χ1n) is 10.0. The van der Waals surface area contributed by atoms with E-state index >= 15 is 0 Å². The third kappa shape index (κ3) is 4.03. The van der Waals surface area contributed by atoms with Crippen LogP contribution in [0.5, 0.6) is 5.75 Å². The summed E-state index contributed by atoms with van der Waals surface area (Å²) in [5.74, 6) is -0.965. The molecule has 32 heavy (non-hydrogen) atoms. The summed E-state index contributed by atoms with van der Waals surface area (Å²) in [6.45, 7) is 0.0915. The highest BCUT2D eigenvalue weighted by atomic mass is 35.5. The SMILES string of the molecule is COc1ccncc1C(=O)N(Cc1ccccc1C(N)=O)[C@@H]1CCc2c(F)cc(Cl)cc21. The van der Waals surface area contributed by atoms with Gasteiger partial charge in [0.15, 0.2) is 0 Å². The van der Waals surface area contributed by atoms with Crippen molar-refractivity contribution in [2.24, 2.45) is 5.73 Å². The third-order valence-electron chi connectivity index (χ3n) is 5.71. The number of fused-ring (bicyclic) bond motifs is 1. The molecule has 1 aromatic heterocycles. The van der Waals surface area contributed by atoms with Crippen molar-refractivity contribution in [2.45, 2.75) is 25.4 Å². The van der Waals surface area contributed by atoms with Gasteiger partial charge in [-0.25, -0.2) is 4.39 Å². The van der Waals surface area contributed by atoms with Crippen molar-refractivity contribution >= 4 is 23.4 Å². The maximum atomic E-state index is 14.5. The number of benzene rings is 2. The van der Waals surface area contributed by atoms with Gasteiger partial charge in [-0.1, -0.05) is 29.8 Å². The highest BCUT2D eigenvalue weighted by Gasteiger charge is 2.35. The molecule has 2 amide bonds.